The molecule has 4 aromatic carbocycles. The van der Waals surface area contributed by atoms with Gasteiger partial charge in [-0.15, -0.1) is 0 Å². The van der Waals surface area contributed by atoms with Gasteiger partial charge in [0, 0.05) is 17.8 Å². The van der Waals surface area contributed by atoms with Crippen molar-refractivity contribution in [1.29, 1.82) is 0 Å². The third kappa shape index (κ3) is 5.86. The van der Waals surface area contributed by atoms with Gasteiger partial charge in [-0.05, 0) is 64.2 Å². The van der Waals surface area contributed by atoms with Crippen LogP contribution in [0.15, 0.2) is 97.2 Å². The lowest BCUT2D eigenvalue weighted by atomic mass is 9.94. The number of carbonyl (C=O) groups excluding carboxylic acids is 2. The van der Waals surface area contributed by atoms with Crippen LogP contribution in [-0.2, 0) is 17.6 Å². The van der Waals surface area contributed by atoms with Gasteiger partial charge >= 0.3 is 0 Å². The first-order chi connectivity index (χ1) is 19.3. The quantitative estimate of drug-likeness (QED) is 0.251. The van der Waals surface area contributed by atoms with Crippen molar-refractivity contribution in [3.8, 4) is 11.1 Å². The van der Waals surface area contributed by atoms with E-state index in [4.69, 9.17) is 5.73 Å². The van der Waals surface area contributed by atoms with Crippen LogP contribution in [0.1, 0.15) is 33.2 Å². The van der Waals surface area contributed by atoms with Crippen molar-refractivity contribution in [2.75, 3.05) is 0 Å². The van der Waals surface area contributed by atoms with E-state index in [0.29, 0.717) is 22.4 Å². The molecule has 0 aliphatic carbocycles. The first-order valence-corrected chi connectivity index (χ1v) is 12.5. The van der Waals surface area contributed by atoms with Crippen molar-refractivity contribution in [2.45, 2.75) is 18.9 Å². The van der Waals surface area contributed by atoms with Crippen LogP contribution in [0, 0.1) is 17.5 Å². The lowest BCUT2D eigenvalue weighted by molar-refractivity contribution is -0.121. The number of hydrogen-bond acceptors (Lipinski definition) is 3. The molecule has 0 bridgehead atoms. The molecular weight excluding hydrogens is 515 g/mol. The van der Waals surface area contributed by atoms with E-state index >= 15 is 0 Å². The third-order valence-electron chi connectivity index (χ3n) is 6.64. The molecule has 5 aromatic rings. The lowest BCUT2D eigenvalue weighted by Crippen LogP contribution is -2.32. The van der Waals surface area contributed by atoms with Gasteiger partial charge in [0.25, 0.3) is 5.91 Å². The standard InChI is InChI=1S/C32H24F3N3O2/c33-23-13-19(14-24(34)18-23)15-29(38-30(39)17-21-7-3-6-20-5-1-2-8-25(20)21)31-26(9-4-12-37-31)22-10-11-28(35)27(16-22)32(36)40/h1-14,16,18,29H,15,17H2,(H2,36,40)(H,38,39)/t29-/m0/s1. The number of fused-ring (bicyclic) bond motifs is 1. The predicted molar refractivity (Wildman–Crippen MR) is 147 cm³/mol. The summed E-state index contributed by atoms with van der Waals surface area (Å²) in [6.45, 7) is 0. The van der Waals surface area contributed by atoms with Crippen molar-refractivity contribution < 1.29 is 22.8 Å². The van der Waals surface area contributed by atoms with Crippen molar-refractivity contribution >= 4 is 22.6 Å². The molecule has 0 fully saturated rings. The zero-order valence-electron chi connectivity index (χ0n) is 21.2. The first-order valence-electron chi connectivity index (χ1n) is 12.5. The molecule has 0 spiro atoms. The summed E-state index contributed by atoms with van der Waals surface area (Å²) in [5.74, 6) is -3.52. The number of hydrogen-bond donors (Lipinski definition) is 2. The predicted octanol–water partition coefficient (Wildman–Crippen LogP) is 6.06. The Bertz CT molecular complexity index is 1710. The molecule has 0 aliphatic rings. The number of nitrogens with two attached hydrogens (primary N) is 1. The number of carbonyl (C=O) groups is 2. The minimum absolute atomic E-state index is 0.0177. The number of nitrogens with zero attached hydrogens (tertiary/aromatic N) is 1. The number of amides is 2. The van der Waals surface area contributed by atoms with Gasteiger partial charge in [0.2, 0.25) is 5.91 Å². The van der Waals surface area contributed by atoms with E-state index in [1.54, 1.807) is 12.1 Å². The minimum Gasteiger partial charge on any atom is -0.366 e. The largest absolute Gasteiger partial charge is 0.366 e. The second kappa shape index (κ2) is 11.4. The molecule has 40 heavy (non-hydrogen) atoms. The molecule has 2 amide bonds. The summed E-state index contributed by atoms with van der Waals surface area (Å²) < 4.78 is 42.3. The van der Waals surface area contributed by atoms with Gasteiger partial charge in [0.15, 0.2) is 0 Å². The van der Waals surface area contributed by atoms with Crippen molar-refractivity contribution in [3.05, 3.63) is 137 Å². The van der Waals surface area contributed by atoms with Gasteiger partial charge in [-0.2, -0.15) is 0 Å². The number of rotatable bonds is 8. The van der Waals surface area contributed by atoms with Crippen LogP contribution in [0.3, 0.4) is 0 Å². The highest BCUT2D eigenvalue weighted by atomic mass is 19.1. The lowest BCUT2D eigenvalue weighted by Gasteiger charge is -2.22. The Kier molecular flexibility index (Phi) is 7.59. The first kappa shape index (κ1) is 26.6. The maximum atomic E-state index is 14.2. The number of halogens is 3. The van der Waals surface area contributed by atoms with Gasteiger partial charge in [-0.3, -0.25) is 14.6 Å². The van der Waals surface area contributed by atoms with Gasteiger partial charge in [-0.25, -0.2) is 13.2 Å². The second-order valence-corrected chi connectivity index (χ2v) is 9.41. The zero-order chi connectivity index (χ0) is 28.2. The zero-order valence-corrected chi connectivity index (χ0v) is 21.2. The van der Waals surface area contributed by atoms with Crippen LogP contribution < -0.4 is 11.1 Å². The Labute approximate surface area is 228 Å². The molecule has 3 N–H and O–H groups in total. The van der Waals surface area contributed by atoms with Crippen molar-refractivity contribution in [2.24, 2.45) is 5.73 Å². The normalized spacial score (nSPS) is 11.8. The molecule has 1 aromatic heterocycles. The number of nitrogens with one attached hydrogen (secondary N) is 1. The highest BCUT2D eigenvalue weighted by Gasteiger charge is 2.23. The molecule has 200 valence electrons. The van der Waals surface area contributed by atoms with Crippen molar-refractivity contribution in [3.63, 3.8) is 0 Å². The molecule has 1 atom stereocenters. The van der Waals surface area contributed by atoms with Crippen molar-refractivity contribution in [1.82, 2.24) is 10.3 Å². The average molecular weight is 540 g/mol. The van der Waals surface area contributed by atoms with Gasteiger partial charge in [0.05, 0.1) is 23.7 Å². The summed E-state index contributed by atoms with van der Waals surface area (Å²) in [5.41, 5.74) is 7.49. The summed E-state index contributed by atoms with van der Waals surface area (Å²) >= 11 is 0. The maximum Gasteiger partial charge on any atom is 0.251 e. The molecule has 8 heteroatoms. The van der Waals surface area contributed by atoms with E-state index in [9.17, 15) is 22.8 Å². The Morgan fingerprint density at radius 1 is 0.850 bits per heavy atom. The molecule has 5 nitrogen and oxygen atoms in total. The van der Waals surface area contributed by atoms with Crippen LogP contribution in [0.25, 0.3) is 21.9 Å². The smallest absolute Gasteiger partial charge is 0.251 e. The molecule has 1 heterocycles. The summed E-state index contributed by atoms with van der Waals surface area (Å²) in [6, 6.07) is 23.0. The monoisotopic (exact) mass is 539 g/mol. The highest BCUT2D eigenvalue weighted by molar-refractivity contribution is 5.94. The third-order valence-corrected chi connectivity index (χ3v) is 6.64. The molecule has 0 saturated carbocycles. The summed E-state index contributed by atoms with van der Waals surface area (Å²) in [6.07, 6.45) is 1.59. The van der Waals surface area contributed by atoms with Crippen LogP contribution in [0.4, 0.5) is 13.2 Å². The van der Waals surface area contributed by atoms with Gasteiger partial charge in [-0.1, -0.05) is 54.6 Å². The number of pyridine rings is 1. The van der Waals surface area contributed by atoms with Crippen LogP contribution in [-0.4, -0.2) is 16.8 Å². The summed E-state index contributed by atoms with van der Waals surface area (Å²) in [7, 11) is 0. The van der Waals surface area contributed by atoms with E-state index in [1.807, 2.05) is 42.5 Å². The molecule has 0 aliphatic heterocycles. The Morgan fingerprint density at radius 2 is 1.60 bits per heavy atom. The SMILES string of the molecule is NC(=O)c1cc(-c2cccnc2[C@H](Cc2cc(F)cc(F)c2)NC(=O)Cc2cccc3ccccc23)ccc1F. The topological polar surface area (TPSA) is 85.1 Å². The van der Waals surface area contributed by atoms with Crippen LogP contribution in [0.2, 0.25) is 0 Å². The highest BCUT2D eigenvalue weighted by Crippen LogP contribution is 2.30. The van der Waals surface area contributed by atoms with E-state index in [2.05, 4.69) is 10.3 Å². The van der Waals surface area contributed by atoms with Gasteiger partial charge < -0.3 is 11.1 Å². The molecule has 0 saturated heterocycles. The Balaban J connectivity index is 1.54. The van der Waals surface area contributed by atoms with Crippen LogP contribution >= 0.6 is 0 Å². The van der Waals surface area contributed by atoms with E-state index in [0.717, 1.165) is 28.5 Å². The molecular formula is C32H24F3N3O2. The summed E-state index contributed by atoms with van der Waals surface area (Å²) in [5, 5.41) is 4.91. The summed E-state index contributed by atoms with van der Waals surface area (Å²) in [4.78, 5) is 29.7. The van der Waals surface area contributed by atoms with E-state index in [1.165, 1.54) is 30.5 Å². The molecule has 0 radical (unpaired) electrons. The Morgan fingerprint density at radius 3 is 2.38 bits per heavy atom. The fourth-order valence-electron chi connectivity index (χ4n) is 4.87. The number of primary amides is 1. The maximum absolute atomic E-state index is 14.2. The Hall–Kier alpha value is -4.98. The molecule has 0 unspecified atom stereocenters. The fraction of sp³-hybridized carbons (Fsp3) is 0.0938. The van der Waals surface area contributed by atoms with E-state index in [-0.39, 0.29) is 24.3 Å². The van der Waals surface area contributed by atoms with E-state index < -0.39 is 29.4 Å². The second-order valence-electron chi connectivity index (χ2n) is 9.41. The number of aromatic nitrogens is 1. The minimum atomic E-state index is -0.931. The van der Waals surface area contributed by atoms with Crippen LogP contribution in [0.5, 0.6) is 0 Å². The fourth-order valence-corrected chi connectivity index (χ4v) is 4.87. The van der Waals surface area contributed by atoms with Gasteiger partial charge in [0.1, 0.15) is 17.5 Å². The molecule has 5 rings (SSSR count). The average Bonchev–Trinajstić information content (AvgIpc) is 2.92. The number of benzene rings is 4.